The number of aryl methyl sites for hydroxylation is 1. The number of benzene rings is 1. The van der Waals surface area contributed by atoms with Gasteiger partial charge in [-0.05, 0) is 38.3 Å². The molecule has 2 heterocycles. The molecule has 23 heavy (non-hydrogen) atoms. The number of sulfonamides is 1. The van der Waals surface area contributed by atoms with Crippen molar-refractivity contribution in [2.24, 2.45) is 0 Å². The fourth-order valence-corrected chi connectivity index (χ4v) is 4.53. The fourth-order valence-electron chi connectivity index (χ4n) is 3.04. The maximum atomic E-state index is 12.7. The molecule has 2 fully saturated rings. The first-order chi connectivity index (χ1) is 11.0. The van der Waals surface area contributed by atoms with Crippen LogP contribution in [0.3, 0.4) is 0 Å². The molecule has 1 aromatic heterocycles. The van der Waals surface area contributed by atoms with Gasteiger partial charge >= 0.3 is 0 Å². The lowest BCUT2D eigenvalue weighted by molar-refractivity contribution is 0.428. The van der Waals surface area contributed by atoms with Crippen LogP contribution in [-0.4, -0.2) is 40.8 Å². The minimum absolute atomic E-state index is 0.0789. The summed E-state index contributed by atoms with van der Waals surface area (Å²) in [6, 6.07) is 7.10. The van der Waals surface area contributed by atoms with E-state index >= 15 is 0 Å². The molecule has 1 aromatic carbocycles. The topological polar surface area (TPSA) is 68.1 Å². The lowest BCUT2D eigenvalue weighted by atomic mass is 10.2. The molecule has 6 nitrogen and oxygen atoms in total. The smallest absolute Gasteiger partial charge is 0.243 e. The fraction of sp³-hybridized carbons (Fsp3) is 0.500. The van der Waals surface area contributed by atoms with Gasteiger partial charge in [-0.2, -0.15) is 4.31 Å². The summed E-state index contributed by atoms with van der Waals surface area (Å²) in [7, 11) is -3.42. The Kier molecular flexibility index (Phi) is 3.50. The van der Waals surface area contributed by atoms with Crippen LogP contribution in [0.15, 0.2) is 35.4 Å². The Morgan fingerprint density at radius 2 is 1.87 bits per heavy atom. The van der Waals surface area contributed by atoms with Gasteiger partial charge in [-0.15, -0.1) is 5.10 Å². The van der Waals surface area contributed by atoms with E-state index in [9.17, 15) is 8.42 Å². The Labute approximate surface area is 136 Å². The Morgan fingerprint density at radius 3 is 2.57 bits per heavy atom. The number of hydrogen-bond donors (Lipinski definition) is 0. The van der Waals surface area contributed by atoms with Crippen LogP contribution in [0.25, 0.3) is 0 Å². The second-order valence-electron chi connectivity index (χ2n) is 6.52. The average molecular weight is 332 g/mol. The molecule has 1 aliphatic carbocycles. The number of hydrogen-bond acceptors (Lipinski definition) is 4. The molecule has 4 rings (SSSR count). The van der Waals surface area contributed by atoms with Crippen LogP contribution in [0.1, 0.15) is 42.5 Å². The average Bonchev–Trinajstić information content (AvgIpc) is 3.07. The van der Waals surface area contributed by atoms with E-state index in [1.54, 1.807) is 16.4 Å². The van der Waals surface area contributed by atoms with Crippen molar-refractivity contribution in [1.82, 2.24) is 19.3 Å². The normalized spacial score (nSPS) is 22.6. The summed E-state index contributed by atoms with van der Waals surface area (Å²) < 4.78 is 28.9. The minimum Gasteiger partial charge on any atom is -0.248 e. The SMILES string of the molecule is Cc1ccc(S(=O)(=O)N2CCC(n3cc(C4CC4)nn3)C2)cc1. The Balaban J connectivity index is 1.51. The van der Waals surface area contributed by atoms with Gasteiger partial charge in [-0.3, -0.25) is 0 Å². The maximum Gasteiger partial charge on any atom is 0.243 e. The Hall–Kier alpha value is -1.73. The molecule has 2 aromatic rings. The summed E-state index contributed by atoms with van der Waals surface area (Å²) >= 11 is 0. The van der Waals surface area contributed by atoms with Crippen LogP contribution in [0.4, 0.5) is 0 Å². The van der Waals surface area contributed by atoms with Crippen molar-refractivity contribution in [2.45, 2.75) is 43.0 Å². The van der Waals surface area contributed by atoms with Gasteiger partial charge < -0.3 is 0 Å². The molecule has 0 bridgehead atoms. The zero-order chi connectivity index (χ0) is 16.0. The molecule has 1 atom stereocenters. The van der Waals surface area contributed by atoms with E-state index in [0.717, 1.165) is 17.7 Å². The van der Waals surface area contributed by atoms with E-state index in [2.05, 4.69) is 10.3 Å². The molecule has 0 radical (unpaired) electrons. The van der Waals surface area contributed by atoms with Gasteiger partial charge in [0.1, 0.15) is 0 Å². The second-order valence-corrected chi connectivity index (χ2v) is 8.45. The van der Waals surface area contributed by atoms with Crippen molar-refractivity contribution >= 4 is 10.0 Å². The van der Waals surface area contributed by atoms with Gasteiger partial charge in [-0.25, -0.2) is 13.1 Å². The molecule has 122 valence electrons. The summed E-state index contributed by atoms with van der Waals surface area (Å²) in [6.45, 7) is 2.94. The van der Waals surface area contributed by atoms with E-state index in [0.29, 0.717) is 23.9 Å². The van der Waals surface area contributed by atoms with Crippen LogP contribution in [0.5, 0.6) is 0 Å². The van der Waals surface area contributed by atoms with Gasteiger partial charge in [0.05, 0.1) is 16.6 Å². The monoisotopic (exact) mass is 332 g/mol. The standard InChI is InChI=1S/C16H20N4O2S/c1-12-2-6-15(7-3-12)23(21,22)19-9-8-14(10-19)20-11-16(17-18-20)13-4-5-13/h2-3,6-7,11,13-14H,4-5,8-10H2,1H3. The molecule has 1 saturated carbocycles. The van der Waals surface area contributed by atoms with E-state index < -0.39 is 10.0 Å². The molecule has 1 aliphatic heterocycles. The van der Waals surface area contributed by atoms with Crippen LogP contribution < -0.4 is 0 Å². The minimum atomic E-state index is -3.42. The van der Waals surface area contributed by atoms with Crippen molar-refractivity contribution in [3.05, 3.63) is 41.7 Å². The zero-order valence-corrected chi connectivity index (χ0v) is 13.9. The summed E-state index contributed by atoms with van der Waals surface area (Å²) in [4.78, 5) is 0.362. The van der Waals surface area contributed by atoms with E-state index in [-0.39, 0.29) is 6.04 Å². The molecule has 1 saturated heterocycles. The number of aromatic nitrogens is 3. The molecule has 0 amide bonds. The summed E-state index contributed by atoms with van der Waals surface area (Å²) in [5, 5.41) is 8.43. The van der Waals surface area contributed by atoms with Crippen molar-refractivity contribution in [3.63, 3.8) is 0 Å². The van der Waals surface area contributed by atoms with Crippen molar-refractivity contribution in [3.8, 4) is 0 Å². The summed E-state index contributed by atoms with van der Waals surface area (Å²) in [6.07, 6.45) is 5.15. The Morgan fingerprint density at radius 1 is 1.13 bits per heavy atom. The predicted octanol–water partition coefficient (Wildman–Crippen LogP) is 2.10. The molecular weight excluding hydrogens is 312 g/mol. The largest absolute Gasteiger partial charge is 0.248 e. The van der Waals surface area contributed by atoms with E-state index in [1.165, 1.54) is 12.8 Å². The highest BCUT2D eigenvalue weighted by Crippen LogP contribution is 2.39. The quantitative estimate of drug-likeness (QED) is 0.860. The molecule has 7 heteroatoms. The maximum absolute atomic E-state index is 12.7. The highest BCUT2D eigenvalue weighted by Gasteiger charge is 2.34. The third-order valence-electron chi connectivity index (χ3n) is 4.68. The van der Waals surface area contributed by atoms with Crippen molar-refractivity contribution < 1.29 is 8.42 Å². The van der Waals surface area contributed by atoms with E-state index in [1.807, 2.05) is 29.9 Å². The number of rotatable bonds is 4. The van der Waals surface area contributed by atoms with Gasteiger partial charge in [0.15, 0.2) is 0 Å². The summed E-state index contributed by atoms with van der Waals surface area (Å²) in [5.41, 5.74) is 2.10. The van der Waals surface area contributed by atoms with Gasteiger partial charge in [0.2, 0.25) is 10.0 Å². The molecular formula is C16H20N4O2S. The van der Waals surface area contributed by atoms with Gasteiger partial charge in [0, 0.05) is 25.2 Å². The second kappa shape index (κ2) is 5.42. The molecule has 1 unspecified atom stereocenters. The highest BCUT2D eigenvalue weighted by atomic mass is 32.2. The van der Waals surface area contributed by atoms with Crippen molar-refractivity contribution in [1.29, 1.82) is 0 Å². The molecule has 0 N–H and O–H groups in total. The first-order valence-corrected chi connectivity index (χ1v) is 9.46. The predicted molar refractivity (Wildman–Crippen MR) is 85.6 cm³/mol. The summed E-state index contributed by atoms with van der Waals surface area (Å²) in [5.74, 6) is 0.567. The lowest BCUT2D eigenvalue weighted by Crippen LogP contribution is -2.29. The van der Waals surface area contributed by atoms with Crippen LogP contribution in [-0.2, 0) is 10.0 Å². The first-order valence-electron chi connectivity index (χ1n) is 8.02. The first kappa shape index (κ1) is 14.8. The third-order valence-corrected chi connectivity index (χ3v) is 6.56. The third kappa shape index (κ3) is 2.79. The molecule has 0 spiro atoms. The zero-order valence-electron chi connectivity index (χ0n) is 13.1. The van der Waals surface area contributed by atoms with Crippen LogP contribution in [0.2, 0.25) is 0 Å². The lowest BCUT2D eigenvalue weighted by Gasteiger charge is -2.16. The highest BCUT2D eigenvalue weighted by molar-refractivity contribution is 7.89. The van der Waals surface area contributed by atoms with Crippen LogP contribution >= 0.6 is 0 Å². The molecule has 2 aliphatic rings. The van der Waals surface area contributed by atoms with Gasteiger partial charge in [0.25, 0.3) is 0 Å². The Bertz CT molecular complexity index is 809. The number of nitrogens with zero attached hydrogens (tertiary/aromatic N) is 4. The van der Waals surface area contributed by atoms with Crippen LogP contribution in [0, 0.1) is 6.92 Å². The van der Waals surface area contributed by atoms with Gasteiger partial charge in [-0.1, -0.05) is 22.9 Å². The van der Waals surface area contributed by atoms with E-state index in [4.69, 9.17) is 0 Å². The van der Waals surface area contributed by atoms with Crippen molar-refractivity contribution in [2.75, 3.05) is 13.1 Å².